The molecule has 0 saturated carbocycles. The zero-order chi connectivity index (χ0) is 29.2. The highest BCUT2D eigenvalue weighted by Crippen LogP contribution is 2.37. The van der Waals surface area contributed by atoms with Crippen LogP contribution in [0.5, 0.6) is 11.5 Å². The van der Waals surface area contributed by atoms with Gasteiger partial charge in [0.25, 0.3) is 11.8 Å². The van der Waals surface area contributed by atoms with Crippen molar-refractivity contribution >= 4 is 22.7 Å². The number of aromatic nitrogens is 1. The molecule has 2 aliphatic heterocycles. The van der Waals surface area contributed by atoms with E-state index in [0.29, 0.717) is 49.8 Å². The number of methoxy groups -OCH3 is 2. The van der Waals surface area contributed by atoms with Crippen molar-refractivity contribution in [2.24, 2.45) is 0 Å². The Morgan fingerprint density at radius 1 is 0.881 bits per heavy atom. The Morgan fingerprint density at radius 2 is 1.62 bits per heavy atom. The van der Waals surface area contributed by atoms with Crippen LogP contribution in [0, 0.1) is 0 Å². The Kier molecular flexibility index (Phi) is 7.89. The normalized spacial score (nSPS) is 17.1. The van der Waals surface area contributed by atoms with Gasteiger partial charge in [-0.3, -0.25) is 9.59 Å². The third-order valence-electron chi connectivity index (χ3n) is 8.46. The molecule has 1 atom stereocenters. The van der Waals surface area contributed by atoms with Crippen molar-refractivity contribution in [3.63, 3.8) is 0 Å². The van der Waals surface area contributed by atoms with Crippen LogP contribution in [0.1, 0.15) is 35.7 Å². The number of nitrogens with zero attached hydrogens (tertiary/aromatic N) is 2. The molecule has 0 bridgehead atoms. The van der Waals surface area contributed by atoms with E-state index in [1.54, 1.807) is 14.2 Å². The van der Waals surface area contributed by atoms with Gasteiger partial charge in [0.1, 0.15) is 6.10 Å². The maximum absolute atomic E-state index is 13.5. The van der Waals surface area contributed by atoms with Crippen LogP contribution in [0.4, 0.5) is 0 Å². The summed E-state index contributed by atoms with van der Waals surface area (Å²) >= 11 is 0. The Labute approximate surface area is 246 Å². The van der Waals surface area contributed by atoms with Crippen LogP contribution in [0.3, 0.4) is 0 Å². The molecule has 3 aromatic carbocycles. The number of hydrogen-bond donors (Lipinski definition) is 1. The minimum Gasteiger partial charge on any atom is -0.493 e. The largest absolute Gasteiger partial charge is 0.493 e. The highest BCUT2D eigenvalue weighted by Gasteiger charge is 2.31. The number of fused-ring (bicyclic) bond motifs is 1. The van der Waals surface area contributed by atoms with Crippen molar-refractivity contribution in [2.45, 2.75) is 32.3 Å². The highest BCUT2D eigenvalue weighted by molar-refractivity contribution is 5.97. The lowest BCUT2D eigenvalue weighted by Crippen LogP contribution is -2.52. The van der Waals surface area contributed by atoms with Crippen LogP contribution in [0.25, 0.3) is 33.3 Å². The van der Waals surface area contributed by atoms with Gasteiger partial charge >= 0.3 is 0 Å². The van der Waals surface area contributed by atoms with Gasteiger partial charge in [0.2, 0.25) is 0 Å². The van der Waals surface area contributed by atoms with E-state index in [2.05, 4.69) is 30.1 Å². The third kappa shape index (κ3) is 5.23. The molecule has 1 N–H and O–H groups in total. The molecule has 2 saturated heterocycles. The summed E-state index contributed by atoms with van der Waals surface area (Å²) in [4.78, 5) is 33.5. The van der Waals surface area contributed by atoms with Crippen molar-refractivity contribution in [1.82, 2.24) is 14.8 Å². The SMILES string of the molecule is CCc1c(-c2ccc(OC)c(OC)c2)[nH]c2ccc(-c3cccc(C(=O)N4CCN(C(=O)C5CCCO5)CC4)c3)cc12. The van der Waals surface area contributed by atoms with Crippen molar-refractivity contribution in [1.29, 1.82) is 0 Å². The maximum Gasteiger partial charge on any atom is 0.253 e. The second-order valence-corrected chi connectivity index (χ2v) is 10.9. The first-order valence-electron chi connectivity index (χ1n) is 14.7. The van der Waals surface area contributed by atoms with Gasteiger partial charge in [-0.05, 0) is 78.4 Å². The predicted molar refractivity (Wildman–Crippen MR) is 163 cm³/mol. The fourth-order valence-corrected chi connectivity index (χ4v) is 6.15. The van der Waals surface area contributed by atoms with Crippen LogP contribution in [-0.4, -0.2) is 79.7 Å². The number of rotatable bonds is 7. The van der Waals surface area contributed by atoms with Gasteiger partial charge < -0.3 is 29.0 Å². The van der Waals surface area contributed by atoms with Gasteiger partial charge in [0.05, 0.1) is 14.2 Å². The molecule has 218 valence electrons. The number of amides is 2. The zero-order valence-electron chi connectivity index (χ0n) is 24.4. The monoisotopic (exact) mass is 567 g/mol. The molecule has 8 heteroatoms. The minimum absolute atomic E-state index is 0.00576. The summed E-state index contributed by atoms with van der Waals surface area (Å²) in [5.41, 5.74) is 7.08. The number of nitrogens with one attached hydrogen (secondary N) is 1. The molecule has 6 rings (SSSR count). The molecule has 8 nitrogen and oxygen atoms in total. The maximum atomic E-state index is 13.5. The van der Waals surface area contributed by atoms with E-state index in [0.717, 1.165) is 52.5 Å². The molecular formula is C34H37N3O5. The second kappa shape index (κ2) is 11.9. The molecule has 2 amide bonds. The first-order valence-corrected chi connectivity index (χ1v) is 14.7. The first kappa shape index (κ1) is 27.8. The number of carbonyl (C=O) groups excluding carboxylic acids is 2. The molecule has 1 unspecified atom stereocenters. The van der Waals surface area contributed by atoms with E-state index in [-0.39, 0.29) is 17.9 Å². The Bertz CT molecular complexity index is 1610. The van der Waals surface area contributed by atoms with Gasteiger partial charge in [-0.1, -0.05) is 25.1 Å². The summed E-state index contributed by atoms with van der Waals surface area (Å²) in [6.45, 7) is 4.94. The number of hydrogen-bond acceptors (Lipinski definition) is 5. The summed E-state index contributed by atoms with van der Waals surface area (Å²) < 4.78 is 16.5. The topological polar surface area (TPSA) is 84.1 Å². The number of aromatic amines is 1. The molecular weight excluding hydrogens is 530 g/mol. The predicted octanol–water partition coefficient (Wildman–Crippen LogP) is 5.54. The van der Waals surface area contributed by atoms with E-state index < -0.39 is 0 Å². The number of carbonyl (C=O) groups is 2. The summed E-state index contributed by atoms with van der Waals surface area (Å²) in [7, 11) is 3.28. The molecule has 0 spiro atoms. The van der Waals surface area contributed by atoms with Crippen LogP contribution >= 0.6 is 0 Å². The quantitative estimate of drug-likeness (QED) is 0.317. The molecule has 0 radical (unpaired) electrons. The lowest BCUT2D eigenvalue weighted by molar-refractivity contribution is -0.142. The van der Waals surface area contributed by atoms with Gasteiger partial charge in [0.15, 0.2) is 11.5 Å². The van der Waals surface area contributed by atoms with Crippen LogP contribution in [-0.2, 0) is 16.0 Å². The highest BCUT2D eigenvalue weighted by atomic mass is 16.5. The first-order chi connectivity index (χ1) is 20.5. The van der Waals surface area contributed by atoms with E-state index in [1.807, 2.05) is 52.3 Å². The van der Waals surface area contributed by atoms with E-state index in [1.165, 1.54) is 5.56 Å². The van der Waals surface area contributed by atoms with Crippen LogP contribution in [0.2, 0.25) is 0 Å². The molecule has 42 heavy (non-hydrogen) atoms. The fraction of sp³-hybridized carbons (Fsp3) is 0.353. The van der Waals surface area contributed by atoms with Crippen LogP contribution in [0.15, 0.2) is 60.7 Å². The summed E-state index contributed by atoms with van der Waals surface area (Å²) in [5.74, 6) is 1.44. The number of aryl methyl sites for hydroxylation is 1. The van der Waals surface area contributed by atoms with E-state index in [4.69, 9.17) is 14.2 Å². The van der Waals surface area contributed by atoms with Crippen molar-refractivity contribution in [2.75, 3.05) is 47.0 Å². The third-order valence-corrected chi connectivity index (χ3v) is 8.46. The molecule has 4 aromatic rings. The van der Waals surface area contributed by atoms with Gasteiger partial charge in [-0.15, -0.1) is 0 Å². The van der Waals surface area contributed by atoms with Crippen molar-refractivity contribution < 1.29 is 23.8 Å². The summed E-state index contributed by atoms with van der Waals surface area (Å²) in [5, 5.41) is 1.16. The molecule has 1 aromatic heterocycles. The Morgan fingerprint density at radius 3 is 2.33 bits per heavy atom. The van der Waals surface area contributed by atoms with Crippen LogP contribution < -0.4 is 9.47 Å². The zero-order valence-corrected chi connectivity index (χ0v) is 24.4. The number of H-pyrrole nitrogens is 1. The Balaban J connectivity index is 1.22. The molecule has 2 aliphatic rings. The molecule has 0 aliphatic carbocycles. The Hall–Kier alpha value is -4.30. The molecule has 3 heterocycles. The average Bonchev–Trinajstić information content (AvgIpc) is 3.72. The van der Waals surface area contributed by atoms with Gasteiger partial charge in [-0.25, -0.2) is 0 Å². The number of ether oxygens (including phenoxy) is 3. The lowest BCUT2D eigenvalue weighted by Gasteiger charge is -2.35. The fourth-order valence-electron chi connectivity index (χ4n) is 6.15. The minimum atomic E-state index is -0.315. The smallest absolute Gasteiger partial charge is 0.253 e. The average molecular weight is 568 g/mol. The second-order valence-electron chi connectivity index (χ2n) is 10.9. The van der Waals surface area contributed by atoms with Gasteiger partial charge in [-0.2, -0.15) is 0 Å². The lowest BCUT2D eigenvalue weighted by atomic mass is 9.98. The summed E-state index contributed by atoms with van der Waals surface area (Å²) in [6.07, 6.45) is 2.26. The number of piperazine rings is 1. The standard InChI is InChI=1S/C34H37N3O5/c1-4-26-27-20-23(10-12-28(27)35-32(26)24-11-13-29(40-2)31(21-24)41-3)22-7-5-8-25(19-22)33(38)36-14-16-37(17-15-36)34(39)30-9-6-18-42-30/h5,7-8,10-13,19-21,30,35H,4,6,9,14-18H2,1-3H3. The van der Waals surface area contributed by atoms with E-state index in [9.17, 15) is 9.59 Å². The molecule has 2 fully saturated rings. The number of benzene rings is 3. The van der Waals surface area contributed by atoms with Crippen molar-refractivity contribution in [3.8, 4) is 33.9 Å². The van der Waals surface area contributed by atoms with Gasteiger partial charge in [0, 0.05) is 60.5 Å². The van der Waals surface area contributed by atoms with Crippen molar-refractivity contribution in [3.05, 3.63) is 71.8 Å². The summed E-state index contributed by atoms with van der Waals surface area (Å²) in [6, 6.07) is 20.2. The van der Waals surface area contributed by atoms with E-state index >= 15 is 0 Å².